The van der Waals surface area contributed by atoms with Gasteiger partial charge in [-0.3, -0.25) is 9.59 Å². The molecule has 0 radical (unpaired) electrons. The Bertz CT molecular complexity index is 633. The second kappa shape index (κ2) is 4.37. The second-order valence-corrected chi connectivity index (χ2v) is 3.57. The van der Waals surface area contributed by atoms with Gasteiger partial charge in [-0.15, -0.1) is 0 Å². The van der Waals surface area contributed by atoms with Gasteiger partial charge < -0.3 is 9.72 Å². The highest BCUT2D eigenvalue weighted by Crippen LogP contribution is 2.19. The first-order chi connectivity index (χ1) is 8.11. The van der Waals surface area contributed by atoms with E-state index in [1.807, 2.05) is 0 Å². The van der Waals surface area contributed by atoms with Crippen LogP contribution in [-0.4, -0.2) is 18.1 Å². The molecule has 0 unspecified atom stereocenters. The number of carbonyl (C=O) groups excluding carboxylic acids is 1. The number of nitrogens with one attached hydrogen (secondary N) is 1. The normalized spacial score (nSPS) is 10.5. The van der Waals surface area contributed by atoms with Gasteiger partial charge in [0.15, 0.2) is 0 Å². The number of esters is 1. The van der Waals surface area contributed by atoms with Gasteiger partial charge in [0.05, 0.1) is 19.0 Å². The third kappa shape index (κ3) is 2.18. The van der Waals surface area contributed by atoms with Crippen LogP contribution in [0.3, 0.4) is 0 Å². The number of pyridine rings is 1. The maximum atomic E-state index is 13.6. The minimum atomic E-state index is -0.555. The molecule has 5 heteroatoms. The molecule has 2 aromatic rings. The summed E-state index contributed by atoms with van der Waals surface area (Å²) in [6.45, 7) is 0. The third-order valence-corrected chi connectivity index (χ3v) is 2.50. The van der Waals surface area contributed by atoms with Crippen molar-refractivity contribution in [1.29, 1.82) is 0 Å². The maximum Gasteiger partial charge on any atom is 0.310 e. The number of H-pyrrole nitrogens is 1. The first-order valence-corrected chi connectivity index (χ1v) is 4.99. The summed E-state index contributed by atoms with van der Waals surface area (Å²) in [6, 6.07) is 5.73. The number of methoxy groups -OCH3 is 1. The van der Waals surface area contributed by atoms with Crippen molar-refractivity contribution in [3.8, 4) is 0 Å². The van der Waals surface area contributed by atoms with Gasteiger partial charge >= 0.3 is 5.97 Å². The van der Waals surface area contributed by atoms with Crippen molar-refractivity contribution < 1.29 is 13.9 Å². The Labute approximate surface area is 96.0 Å². The number of ether oxygens (including phenoxy) is 1. The lowest BCUT2D eigenvalue weighted by molar-refractivity contribution is -0.139. The standard InChI is InChI=1S/C12H10FNO3/c1-17-11(16)6-8-9(13)4-2-7-3-5-10(15)14-12(7)8/h2-5H,6H2,1H3,(H,14,15). The lowest BCUT2D eigenvalue weighted by Gasteiger charge is -2.06. The lowest BCUT2D eigenvalue weighted by Crippen LogP contribution is -2.10. The number of rotatable bonds is 2. The molecular formula is C12H10FNO3. The van der Waals surface area contributed by atoms with Gasteiger partial charge in [0.1, 0.15) is 5.82 Å². The molecule has 0 bridgehead atoms. The molecule has 0 spiro atoms. The molecular weight excluding hydrogens is 225 g/mol. The predicted octanol–water partition coefficient (Wildman–Crippen LogP) is 1.38. The highest BCUT2D eigenvalue weighted by Gasteiger charge is 2.12. The molecule has 0 aliphatic carbocycles. The molecule has 1 aromatic carbocycles. The van der Waals surface area contributed by atoms with Crippen LogP contribution in [0.1, 0.15) is 5.56 Å². The number of carbonyl (C=O) groups is 1. The van der Waals surface area contributed by atoms with Crippen LogP contribution in [0.15, 0.2) is 29.1 Å². The maximum absolute atomic E-state index is 13.6. The fourth-order valence-electron chi connectivity index (χ4n) is 1.65. The average molecular weight is 235 g/mol. The van der Waals surface area contributed by atoms with Crippen molar-refractivity contribution >= 4 is 16.9 Å². The van der Waals surface area contributed by atoms with Crippen LogP contribution in [-0.2, 0) is 16.0 Å². The van der Waals surface area contributed by atoms with Crippen molar-refractivity contribution in [2.75, 3.05) is 7.11 Å². The zero-order chi connectivity index (χ0) is 12.4. The summed E-state index contributed by atoms with van der Waals surface area (Å²) in [6.07, 6.45) is -0.209. The molecule has 0 fully saturated rings. The number of hydrogen-bond acceptors (Lipinski definition) is 3. The van der Waals surface area contributed by atoms with Crippen LogP contribution in [0.5, 0.6) is 0 Å². The smallest absolute Gasteiger partial charge is 0.310 e. The van der Waals surface area contributed by atoms with Gasteiger partial charge in [0, 0.05) is 11.6 Å². The molecule has 0 aliphatic rings. The number of halogens is 1. The fraction of sp³-hybridized carbons (Fsp3) is 0.167. The van der Waals surface area contributed by atoms with Crippen molar-refractivity contribution in [3.63, 3.8) is 0 Å². The molecule has 1 heterocycles. The fourth-order valence-corrected chi connectivity index (χ4v) is 1.65. The molecule has 88 valence electrons. The lowest BCUT2D eigenvalue weighted by atomic mass is 10.1. The van der Waals surface area contributed by atoms with Gasteiger partial charge in [-0.25, -0.2) is 4.39 Å². The van der Waals surface area contributed by atoms with Gasteiger partial charge in [-0.05, 0) is 23.6 Å². The molecule has 17 heavy (non-hydrogen) atoms. The zero-order valence-electron chi connectivity index (χ0n) is 9.12. The Morgan fingerprint density at radius 1 is 1.35 bits per heavy atom. The topological polar surface area (TPSA) is 59.2 Å². The molecule has 0 saturated heterocycles. The van der Waals surface area contributed by atoms with E-state index in [4.69, 9.17) is 0 Å². The highest BCUT2D eigenvalue weighted by molar-refractivity contribution is 5.85. The van der Waals surface area contributed by atoms with E-state index in [1.165, 1.54) is 19.2 Å². The Morgan fingerprint density at radius 3 is 2.76 bits per heavy atom. The van der Waals surface area contributed by atoms with E-state index >= 15 is 0 Å². The van der Waals surface area contributed by atoms with Crippen LogP contribution in [0.4, 0.5) is 4.39 Å². The quantitative estimate of drug-likeness (QED) is 0.800. The van der Waals surface area contributed by atoms with E-state index in [1.54, 1.807) is 12.1 Å². The van der Waals surface area contributed by atoms with Crippen molar-refractivity contribution in [2.24, 2.45) is 0 Å². The number of benzene rings is 1. The summed E-state index contributed by atoms with van der Waals surface area (Å²) in [5.74, 6) is -1.09. The van der Waals surface area contributed by atoms with E-state index in [0.29, 0.717) is 10.9 Å². The Hall–Kier alpha value is -2.17. The monoisotopic (exact) mass is 235 g/mol. The van der Waals surface area contributed by atoms with Crippen molar-refractivity contribution in [3.05, 3.63) is 46.0 Å². The Kier molecular flexibility index (Phi) is 2.91. The molecule has 1 aromatic heterocycles. The van der Waals surface area contributed by atoms with Crippen LogP contribution in [0.25, 0.3) is 10.9 Å². The van der Waals surface area contributed by atoms with Gasteiger partial charge in [-0.2, -0.15) is 0 Å². The number of hydrogen-bond donors (Lipinski definition) is 1. The molecule has 1 N–H and O–H groups in total. The zero-order valence-corrected chi connectivity index (χ0v) is 9.12. The third-order valence-electron chi connectivity index (χ3n) is 2.50. The summed E-state index contributed by atoms with van der Waals surface area (Å²) in [4.78, 5) is 24.9. The summed E-state index contributed by atoms with van der Waals surface area (Å²) in [7, 11) is 1.23. The summed E-state index contributed by atoms with van der Waals surface area (Å²) >= 11 is 0. The Balaban J connectivity index is 2.66. The SMILES string of the molecule is COC(=O)Cc1c(F)ccc2ccc(=O)[nH]c12. The first kappa shape index (κ1) is 11.3. The van der Waals surface area contributed by atoms with E-state index in [-0.39, 0.29) is 17.5 Å². The van der Waals surface area contributed by atoms with E-state index < -0.39 is 11.8 Å². The summed E-state index contributed by atoms with van der Waals surface area (Å²) < 4.78 is 18.1. The number of fused-ring (bicyclic) bond motifs is 1. The van der Waals surface area contributed by atoms with Gasteiger partial charge in [0.25, 0.3) is 0 Å². The summed E-state index contributed by atoms with van der Waals surface area (Å²) in [5, 5.41) is 0.671. The van der Waals surface area contributed by atoms with E-state index in [2.05, 4.69) is 9.72 Å². The summed E-state index contributed by atoms with van der Waals surface area (Å²) in [5.41, 5.74) is 0.143. The van der Waals surface area contributed by atoms with Gasteiger partial charge in [-0.1, -0.05) is 0 Å². The average Bonchev–Trinajstić information content (AvgIpc) is 2.32. The molecule has 0 amide bonds. The van der Waals surface area contributed by atoms with Crippen molar-refractivity contribution in [2.45, 2.75) is 6.42 Å². The predicted molar refractivity (Wildman–Crippen MR) is 60.2 cm³/mol. The van der Waals surface area contributed by atoms with Crippen LogP contribution in [0.2, 0.25) is 0 Å². The first-order valence-electron chi connectivity index (χ1n) is 4.99. The van der Waals surface area contributed by atoms with Crippen molar-refractivity contribution in [1.82, 2.24) is 4.98 Å². The van der Waals surface area contributed by atoms with Crippen LogP contribution < -0.4 is 5.56 Å². The van der Waals surface area contributed by atoms with E-state index in [0.717, 1.165) is 0 Å². The number of aromatic nitrogens is 1. The minimum absolute atomic E-state index is 0.145. The molecule has 0 saturated carbocycles. The number of aromatic amines is 1. The minimum Gasteiger partial charge on any atom is -0.469 e. The van der Waals surface area contributed by atoms with Gasteiger partial charge in [0.2, 0.25) is 5.56 Å². The van der Waals surface area contributed by atoms with Crippen LogP contribution >= 0.6 is 0 Å². The largest absolute Gasteiger partial charge is 0.469 e. The van der Waals surface area contributed by atoms with E-state index in [9.17, 15) is 14.0 Å². The van der Waals surface area contributed by atoms with Crippen LogP contribution in [0, 0.1) is 5.82 Å². The molecule has 2 rings (SSSR count). The molecule has 4 nitrogen and oxygen atoms in total. The Morgan fingerprint density at radius 2 is 2.06 bits per heavy atom. The second-order valence-electron chi connectivity index (χ2n) is 3.57. The molecule has 0 atom stereocenters. The highest BCUT2D eigenvalue weighted by atomic mass is 19.1. The molecule has 0 aliphatic heterocycles.